The number of hydrogen-bond donors (Lipinski definition) is 1. The number of oxazole rings is 1. The zero-order chi connectivity index (χ0) is 22.8. The number of anilines is 2. The number of aryl methyl sites for hydroxylation is 1. The Bertz CT molecular complexity index is 1280. The fourth-order valence-electron chi connectivity index (χ4n) is 3.95. The van der Waals surface area contributed by atoms with Gasteiger partial charge in [0.1, 0.15) is 11.6 Å². The fourth-order valence-corrected chi connectivity index (χ4v) is 3.95. The molecule has 0 saturated carbocycles. The molecule has 1 fully saturated rings. The molecule has 0 bridgehead atoms. The van der Waals surface area contributed by atoms with Gasteiger partial charge >= 0.3 is 0 Å². The molecular weight excluding hydrogens is 431 g/mol. The van der Waals surface area contributed by atoms with Crippen molar-refractivity contribution in [2.45, 2.75) is 13.0 Å². The van der Waals surface area contributed by atoms with E-state index in [1.54, 1.807) is 25.6 Å². The summed E-state index contributed by atoms with van der Waals surface area (Å²) in [5.74, 6) is 1.66. The van der Waals surface area contributed by atoms with E-state index in [-0.39, 0.29) is 12.8 Å². The van der Waals surface area contributed by atoms with Gasteiger partial charge in [-0.3, -0.25) is 4.98 Å². The number of rotatable bonds is 7. The first kappa shape index (κ1) is 21.4. The van der Waals surface area contributed by atoms with Crippen molar-refractivity contribution in [3.8, 4) is 11.5 Å². The van der Waals surface area contributed by atoms with Crippen molar-refractivity contribution >= 4 is 33.6 Å². The fraction of sp³-hybridized carbons (Fsp3) is 0.364. The van der Waals surface area contributed by atoms with Gasteiger partial charge in [0.2, 0.25) is 11.5 Å². The van der Waals surface area contributed by atoms with Crippen LogP contribution in [-0.4, -0.2) is 66.2 Å². The first-order valence-corrected chi connectivity index (χ1v) is 10.5. The van der Waals surface area contributed by atoms with E-state index in [4.69, 9.17) is 18.9 Å². The molecular formula is C22H23FN6O4. The maximum absolute atomic E-state index is 12.1. The number of fused-ring (bicyclic) bond motifs is 2. The lowest BCUT2D eigenvalue weighted by Gasteiger charge is -2.33. The Balaban J connectivity index is 1.50. The first-order chi connectivity index (χ1) is 16.2. The molecule has 0 amide bonds. The Kier molecular flexibility index (Phi) is 5.99. The minimum absolute atomic E-state index is 0.00155. The van der Waals surface area contributed by atoms with E-state index in [0.717, 1.165) is 28.8 Å². The SMILES string of the molecule is COC[C@@H]1CN(c2ccc3oc(-c4cnc(C)c5cnc(NCOF)cc45)nc3n2)CCO1. The van der Waals surface area contributed by atoms with Gasteiger partial charge in [-0.15, -0.1) is 0 Å². The third kappa shape index (κ3) is 4.30. The van der Waals surface area contributed by atoms with E-state index in [1.807, 2.05) is 19.1 Å². The normalized spacial score (nSPS) is 16.6. The standard InChI is InChI=1S/C22H23FN6O4/c1-13-16-8-25-19(26-12-32-23)7-15(16)17(9-24-13)22-28-21-18(33-22)3-4-20(27-21)29-5-6-31-14(10-29)11-30-2/h3-4,7-9,14H,5-6,10-12H2,1-2H3,(H,25,26)/t14-/m0/s1. The van der Waals surface area contributed by atoms with Crippen molar-refractivity contribution in [3.05, 3.63) is 36.3 Å². The molecule has 1 atom stereocenters. The lowest BCUT2D eigenvalue weighted by atomic mass is 10.1. The molecule has 1 aliphatic heterocycles. The quantitative estimate of drug-likeness (QED) is 0.418. The Hall–Kier alpha value is -3.41. The average molecular weight is 454 g/mol. The van der Waals surface area contributed by atoms with Crippen LogP contribution in [0.3, 0.4) is 0 Å². The van der Waals surface area contributed by atoms with E-state index in [0.29, 0.717) is 48.3 Å². The van der Waals surface area contributed by atoms with Crippen molar-refractivity contribution in [2.24, 2.45) is 0 Å². The van der Waals surface area contributed by atoms with Crippen LogP contribution in [0.2, 0.25) is 0 Å². The topological polar surface area (TPSA) is 108 Å². The minimum atomic E-state index is -0.305. The molecule has 0 radical (unpaired) electrons. The summed E-state index contributed by atoms with van der Waals surface area (Å²) in [6.07, 6.45) is 3.38. The Labute approximate surface area is 188 Å². The summed E-state index contributed by atoms with van der Waals surface area (Å²) in [6, 6.07) is 5.57. The van der Waals surface area contributed by atoms with E-state index in [1.165, 1.54) is 0 Å². The molecule has 1 aliphatic rings. The monoisotopic (exact) mass is 454 g/mol. The second kappa shape index (κ2) is 9.22. The third-order valence-electron chi connectivity index (χ3n) is 5.56. The van der Waals surface area contributed by atoms with Crippen LogP contribution >= 0.6 is 0 Å². The molecule has 0 unspecified atom stereocenters. The smallest absolute Gasteiger partial charge is 0.231 e. The summed E-state index contributed by atoms with van der Waals surface area (Å²) in [5, 5.41) is 4.41. The maximum atomic E-state index is 12.1. The Morgan fingerprint density at radius 2 is 2.12 bits per heavy atom. The van der Waals surface area contributed by atoms with Gasteiger partial charge in [-0.1, -0.05) is 0 Å². The molecule has 0 aromatic carbocycles. The number of nitrogens with zero attached hydrogens (tertiary/aromatic N) is 5. The van der Waals surface area contributed by atoms with Crippen LogP contribution in [0, 0.1) is 6.92 Å². The van der Waals surface area contributed by atoms with Gasteiger partial charge in [-0.25, -0.2) is 9.97 Å². The van der Waals surface area contributed by atoms with Crippen LogP contribution in [0.4, 0.5) is 16.2 Å². The van der Waals surface area contributed by atoms with Gasteiger partial charge in [-0.2, -0.15) is 9.93 Å². The highest BCUT2D eigenvalue weighted by Gasteiger charge is 2.22. The summed E-state index contributed by atoms with van der Waals surface area (Å²) in [7, 11) is 1.66. The summed E-state index contributed by atoms with van der Waals surface area (Å²) >= 11 is 0. The molecule has 0 aliphatic carbocycles. The van der Waals surface area contributed by atoms with E-state index < -0.39 is 0 Å². The van der Waals surface area contributed by atoms with Crippen molar-refractivity contribution in [1.82, 2.24) is 19.9 Å². The van der Waals surface area contributed by atoms with E-state index in [9.17, 15) is 4.53 Å². The van der Waals surface area contributed by atoms with Crippen LogP contribution in [0.1, 0.15) is 5.69 Å². The van der Waals surface area contributed by atoms with Crippen LogP contribution in [0.5, 0.6) is 0 Å². The van der Waals surface area contributed by atoms with Crippen molar-refractivity contribution < 1.29 is 23.4 Å². The van der Waals surface area contributed by atoms with Gasteiger partial charge in [0.25, 0.3) is 0 Å². The van der Waals surface area contributed by atoms with Gasteiger partial charge in [0.05, 0.1) is 24.9 Å². The van der Waals surface area contributed by atoms with Crippen molar-refractivity contribution in [1.29, 1.82) is 0 Å². The molecule has 1 N–H and O–H groups in total. The number of methoxy groups -OCH3 is 1. The van der Waals surface area contributed by atoms with Crippen molar-refractivity contribution in [2.75, 3.05) is 50.4 Å². The lowest BCUT2D eigenvalue weighted by molar-refractivity contribution is -0.123. The molecule has 4 aromatic heterocycles. The zero-order valence-corrected chi connectivity index (χ0v) is 18.2. The second-order valence-corrected chi connectivity index (χ2v) is 7.71. The minimum Gasteiger partial charge on any atom is -0.434 e. The summed E-state index contributed by atoms with van der Waals surface area (Å²) in [5.41, 5.74) is 2.57. The molecule has 1 saturated heterocycles. The van der Waals surface area contributed by atoms with Crippen LogP contribution in [-0.2, 0) is 14.4 Å². The largest absolute Gasteiger partial charge is 0.434 e. The highest BCUT2D eigenvalue weighted by molar-refractivity contribution is 5.97. The summed E-state index contributed by atoms with van der Waals surface area (Å²) < 4.78 is 29.1. The van der Waals surface area contributed by atoms with E-state index >= 15 is 0 Å². The zero-order valence-electron chi connectivity index (χ0n) is 18.2. The molecule has 5 heterocycles. The Morgan fingerprint density at radius 1 is 1.21 bits per heavy atom. The Morgan fingerprint density at radius 3 is 2.97 bits per heavy atom. The average Bonchev–Trinajstić information content (AvgIpc) is 3.26. The highest BCUT2D eigenvalue weighted by Crippen LogP contribution is 2.32. The summed E-state index contributed by atoms with van der Waals surface area (Å²) in [6.45, 7) is 4.15. The first-order valence-electron chi connectivity index (χ1n) is 10.5. The molecule has 5 rings (SSSR count). The molecule has 172 valence electrons. The molecule has 4 aromatic rings. The van der Waals surface area contributed by atoms with Crippen molar-refractivity contribution in [3.63, 3.8) is 0 Å². The number of nitrogens with one attached hydrogen (secondary N) is 1. The lowest BCUT2D eigenvalue weighted by Crippen LogP contribution is -2.44. The highest BCUT2D eigenvalue weighted by atomic mass is 19.3. The number of aromatic nitrogens is 4. The van der Waals surface area contributed by atoms with E-state index in [2.05, 4.69) is 30.1 Å². The molecule has 11 heteroatoms. The third-order valence-corrected chi connectivity index (χ3v) is 5.56. The molecule has 33 heavy (non-hydrogen) atoms. The van der Waals surface area contributed by atoms with Gasteiger partial charge in [0, 0.05) is 49.1 Å². The predicted molar refractivity (Wildman–Crippen MR) is 120 cm³/mol. The summed E-state index contributed by atoms with van der Waals surface area (Å²) in [4.78, 5) is 23.8. The molecule has 0 spiro atoms. The van der Waals surface area contributed by atoms with Gasteiger partial charge < -0.3 is 24.1 Å². The number of halogens is 1. The van der Waals surface area contributed by atoms with Gasteiger partial charge in [0.15, 0.2) is 12.3 Å². The van der Waals surface area contributed by atoms with Crippen LogP contribution in [0.15, 0.2) is 35.0 Å². The van der Waals surface area contributed by atoms with Crippen LogP contribution < -0.4 is 10.2 Å². The van der Waals surface area contributed by atoms with Gasteiger partial charge in [-0.05, 0) is 29.6 Å². The molecule has 10 nitrogen and oxygen atoms in total. The number of pyridine rings is 3. The number of ether oxygens (including phenoxy) is 2. The second-order valence-electron chi connectivity index (χ2n) is 7.71. The maximum Gasteiger partial charge on any atom is 0.231 e. The van der Waals surface area contributed by atoms with Crippen LogP contribution in [0.25, 0.3) is 33.5 Å². The predicted octanol–water partition coefficient (Wildman–Crippen LogP) is 3.26. The number of morpholine rings is 1. The number of hydrogen-bond acceptors (Lipinski definition) is 10.